The number of ether oxygens (including phenoxy) is 1. The Morgan fingerprint density at radius 1 is 1.45 bits per heavy atom. The van der Waals surface area contributed by atoms with E-state index < -0.39 is 6.10 Å². The summed E-state index contributed by atoms with van der Waals surface area (Å²) >= 11 is 12.0. The number of carbonyl (C=O) groups is 1. The van der Waals surface area contributed by atoms with Gasteiger partial charge in [0.05, 0.1) is 19.3 Å². The molecule has 1 aromatic rings. The van der Waals surface area contributed by atoms with Crippen LogP contribution in [0.2, 0.25) is 10.0 Å². The lowest BCUT2D eigenvalue weighted by atomic mass is 10.1. The fourth-order valence-electron chi connectivity index (χ4n) is 2.19. The molecular weight excluding hydrogens is 351 g/mol. The van der Waals surface area contributed by atoms with Crippen molar-refractivity contribution in [3.63, 3.8) is 0 Å². The van der Waals surface area contributed by atoms with Gasteiger partial charge >= 0.3 is 0 Å². The quantitative estimate of drug-likeness (QED) is 0.742. The molecule has 1 heterocycles. The average Bonchev–Trinajstić information content (AvgIpc) is 2.46. The van der Waals surface area contributed by atoms with Crippen molar-refractivity contribution in [2.24, 2.45) is 0 Å². The Bertz CT molecular complexity index is 476. The van der Waals surface area contributed by atoms with Crippen molar-refractivity contribution in [2.75, 3.05) is 26.3 Å². The largest absolute Gasteiger partial charge is 0.386 e. The van der Waals surface area contributed by atoms with Crippen LogP contribution in [0.4, 0.5) is 0 Å². The molecule has 3 N–H and O–H groups in total. The lowest BCUT2D eigenvalue weighted by Gasteiger charge is -2.23. The second-order valence-electron chi connectivity index (χ2n) is 4.89. The first-order chi connectivity index (χ1) is 10.1. The maximum absolute atomic E-state index is 11.8. The van der Waals surface area contributed by atoms with Gasteiger partial charge in [0, 0.05) is 41.2 Å². The standard InChI is InChI=1S/C14H18Cl2N2O3.ClH/c15-10-2-1-3-11(16)14(10)12(19)7-18-13(20)6-9-8-21-5-4-17-9;/h1-3,9,12,17,19H,4-8H2,(H,18,20);1H. The van der Waals surface area contributed by atoms with Crippen LogP contribution in [0.5, 0.6) is 0 Å². The van der Waals surface area contributed by atoms with E-state index in [1.165, 1.54) is 0 Å². The van der Waals surface area contributed by atoms with Gasteiger partial charge in [-0.2, -0.15) is 0 Å². The highest BCUT2D eigenvalue weighted by Gasteiger charge is 2.19. The Morgan fingerprint density at radius 2 is 2.14 bits per heavy atom. The Hall–Kier alpha value is -0.560. The van der Waals surface area contributed by atoms with Crippen molar-refractivity contribution in [1.29, 1.82) is 0 Å². The van der Waals surface area contributed by atoms with Crippen molar-refractivity contribution in [1.82, 2.24) is 10.6 Å². The van der Waals surface area contributed by atoms with Gasteiger partial charge in [-0.15, -0.1) is 12.4 Å². The Morgan fingerprint density at radius 3 is 2.73 bits per heavy atom. The number of halogens is 3. The van der Waals surface area contributed by atoms with Crippen LogP contribution in [-0.4, -0.2) is 43.4 Å². The summed E-state index contributed by atoms with van der Waals surface area (Å²) in [5.41, 5.74) is 0.431. The molecule has 1 aliphatic rings. The van der Waals surface area contributed by atoms with Gasteiger partial charge in [-0.1, -0.05) is 29.3 Å². The summed E-state index contributed by atoms with van der Waals surface area (Å²) in [6.07, 6.45) is -0.631. The lowest BCUT2D eigenvalue weighted by Crippen LogP contribution is -2.44. The number of aliphatic hydroxyl groups is 1. The summed E-state index contributed by atoms with van der Waals surface area (Å²) in [5.74, 6) is -0.153. The number of nitrogens with one attached hydrogen (secondary N) is 2. The van der Waals surface area contributed by atoms with E-state index in [2.05, 4.69) is 10.6 Å². The van der Waals surface area contributed by atoms with Gasteiger partial charge < -0.3 is 20.5 Å². The molecule has 2 rings (SSSR count). The summed E-state index contributed by atoms with van der Waals surface area (Å²) in [5, 5.41) is 16.8. The van der Waals surface area contributed by atoms with Gasteiger partial charge in [0.2, 0.25) is 5.91 Å². The third-order valence-electron chi connectivity index (χ3n) is 3.26. The first-order valence-electron chi connectivity index (χ1n) is 6.77. The predicted octanol–water partition coefficient (Wildman–Crippen LogP) is 1.94. The molecule has 0 bridgehead atoms. The molecule has 5 nitrogen and oxygen atoms in total. The second kappa shape index (κ2) is 9.55. The number of rotatable bonds is 5. The first-order valence-corrected chi connectivity index (χ1v) is 7.53. The summed E-state index contributed by atoms with van der Waals surface area (Å²) in [6.45, 7) is 2.00. The number of amides is 1. The van der Waals surface area contributed by atoms with Crippen LogP contribution in [0.15, 0.2) is 18.2 Å². The molecule has 1 fully saturated rings. The Labute approximate surface area is 145 Å². The van der Waals surface area contributed by atoms with Crippen molar-refractivity contribution in [2.45, 2.75) is 18.6 Å². The highest BCUT2D eigenvalue weighted by atomic mass is 35.5. The molecule has 1 amide bonds. The summed E-state index contributed by atoms with van der Waals surface area (Å²) in [4.78, 5) is 11.8. The SMILES string of the molecule is Cl.O=C(CC1COCCN1)NCC(O)c1c(Cl)cccc1Cl. The van der Waals surface area contributed by atoms with E-state index in [1.54, 1.807) is 18.2 Å². The monoisotopic (exact) mass is 368 g/mol. The molecule has 0 spiro atoms. The van der Waals surface area contributed by atoms with E-state index >= 15 is 0 Å². The Kier molecular flexibility index (Phi) is 8.46. The number of aliphatic hydroxyl groups excluding tert-OH is 1. The highest BCUT2D eigenvalue weighted by molar-refractivity contribution is 6.36. The zero-order chi connectivity index (χ0) is 15.2. The lowest BCUT2D eigenvalue weighted by molar-refractivity contribution is -0.122. The summed E-state index contributed by atoms with van der Waals surface area (Å²) in [6, 6.07) is 5.02. The van der Waals surface area contributed by atoms with Crippen molar-refractivity contribution in [3.8, 4) is 0 Å². The fourth-order valence-corrected chi connectivity index (χ4v) is 2.84. The van der Waals surface area contributed by atoms with Crippen LogP contribution in [-0.2, 0) is 9.53 Å². The van der Waals surface area contributed by atoms with Crippen molar-refractivity contribution < 1.29 is 14.6 Å². The minimum absolute atomic E-state index is 0. The molecule has 0 radical (unpaired) electrons. The van der Waals surface area contributed by atoms with E-state index in [0.717, 1.165) is 6.54 Å². The van der Waals surface area contributed by atoms with E-state index in [1.807, 2.05) is 0 Å². The van der Waals surface area contributed by atoms with Gasteiger partial charge in [0.1, 0.15) is 0 Å². The molecule has 1 aliphatic heterocycles. The number of carbonyl (C=O) groups excluding carboxylic acids is 1. The van der Waals surface area contributed by atoms with Crippen molar-refractivity contribution >= 4 is 41.5 Å². The minimum Gasteiger partial charge on any atom is -0.386 e. The van der Waals surface area contributed by atoms with Crippen LogP contribution >= 0.6 is 35.6 Å². The summed E-state index contributed by atoms with van der Waals surface area (Å²) in [7, 11) is 0. The smallest absolute Gasteiger partial charge is 0.221 e. The molecule has 1 aromatic carbocycles. The maximum Gasteiger partial charge on any atom is 0.221 e. The zero-order valence-electron chi connectivity index (χ0n) is 11.9. The fraction of sp³-hybridized carbons (Fsp3) is 0.500. The van der Waals surface area contributed by atoms with Gasteiger partial charge in [-0.25, -0.2) is 0 Å². The van der Waals surface area contributed by atoms with E-state index in [9.17, 15) is 9.90 Å². The molecule has 0 saturated carbocycles. The summed E-state index contributed by atoms with van der Waals surface area (Å²) < 4.78 is 5.28. The molecule has 0 aromatic heterocycles. The molecular formula is C14H19Cl3N2O3. The van der Waals surface area contributed by atoms with Crippen molar-refractivity contribution in [3.05, 3.63) is 33.8 Å². The minimum atomic E-state index is -0.939. The van der Waals surface area contributed by atoms with Gasteiger partial charge in [0.15, 0.2) is 0 Å². The number of morpholine rings is 1. The third-order valence-corrected chi connectivity index (χ3v) is 3.91. The van der Waals surface area contributed by atoms with Crippen LogP contribution in [0.3, 0.4) is 0 Å². The molecule has 1 saturated heterocycles. The van der Waals surface area contributed by atoms with Crippen LogP contribution in [0, 0.1) is 0 Å². The molecule has 8 heteroatoms. The number of benzene rings is 1. The van der Waals surface area contributed by atoms with Gasteiger partial charge in [-0.05, 0) is 12.1 Å². The molecule has 22 heavy (non-hydrogen) atoms. The zero-order valence-corrected chi connectivity index (χ0v) is 14.2. The van der Waals surface area contributed by atoms with Crippen LogP contribution in [0.25, 0.3) is 0 Å². The van der Waals surface area contributed by atoms with Gasteiger partial charge in [0.25, 0.3) is 0 Å². The normalized spacial score (nSPS) is 19.1. The highest BCUT2D eigenvalue weighted by Crippen LogP contribution is 2.29. The van der Waals surface area contributed by atoms with Gasteiger partial charge in [-0.3, -0.25) is 4.79 Å². The molecule has 124 valence electrons. The molecule has 2 atom stereocenters. The van der Waals surface area contributed by atoms with E-state index in [-0.39, 0.29) is 30.9 Å². The maximum atomic E-state index is 11.8. The first kappa shape index (κ1) is 19.5. The topological polar surface area (TPSA) is 70.6 Å². The number of hydrogen-bond acceptors (Lipinski definition) is 4. The second-order valence-corrected chi connectivity index (χ2v) is 5.70. The van der Waals surface area contributed by atoms with Crippen LogP contribution < -0.4 is 10.6 Å². The number of hydrogen-bond donors (Lipinski definition) is 3. The third kappa shape index (κ3) is 5.57. The van der Waals surface area contributed by atoms with E-state index in [4.69, 9.17) is 27.9 Å². The molecule has 2 unspecified atom stereocenters. The Balaban J connectivity index is 0.00000242. The average molecular weight is 370 g/mol. The predicted molar refractivity (Wildman–Crippen MR) is 88.9 cm³/mol. The molecule has 0 aliphatic carbocycles. The van der Waals surface area contributed by atoms with Crippen LogP contribution in [0.1, 0.15) is 18.1 Å². The van der Waals surface area contributed by atoms with E-state index in [0.29, 0.717) is 35.2 Å².